The van der Waals surface area contributed by atoms with Crippen LogP contribution in [0.25, 0.3) is 0 Å². The fraction of sp³-hybridized carbons (Fsp3) is 0.533. The zero-order valence-electron chi connectivity index (χ0n) is 11.1. The fourth-order valence-electron chi connectivity index (χ4n) is 3.42. The number of benzene rings is 1. The molecule has 0 aromatic heterocycles. The van der Waals surface area contributed by atoms with E-state index < -0.39 is 0 Å². The number of nitrogens with one attached hydrogen (secondary N) is 2. The van der Waals surface area contributed by atoms with Crippen LogP contribution in [0.15, 0.2) is 18.2 Å². The Morgan fingerprint density at radius 2 is 2.26 bits per heavy atom. The molecule has 0 bridgehead atoms. The number of rotatable bonds is 2. The summed E-state index contributed by atoms with van der Waals surface area (Å²) in [5, 5.41) is 6.93. The van der Waals surface area contributed by atoms with Crippen molar-refractivity contribution in [3.63, 3.8) is 0 Å². The average Bonchev–Trinajstić information content (AvgIpc) is 2.95. The van der Waals surface area contributed by atoms with Gasteiger partial charge in [-0.2, -0.15) is 0 Å². The van der Waals surface area contributed by atoms with E-state index in [0.29, 0.717) is 16.9 Å². The molecular formula is C15H19ClN2O. The van der Waals surface area contributed by atoms with E-state index in [4.69, 9.17) is 11.6 Å². The minimum Gasteiger partial charge on any atom is -0.323 e. The van der Waals surface area contributed by atoms with Gasteiger partial charge < -0.3 is 10.6 Å². The molecule has 102 valence electrons. The average molecular weight is 279 g/mol. The monoisotopic (exact) mass is 278 g/mol. The first-order valence-corrected chi connectivity index (χ1v) is 7.33. The fourth-order valence-corrected chi connectivity index (χ4v) is 3.58. The second-order valence-corrected chi connectivity index (χ2v) is 6.12. The number of aryl methyl sites for hydroxylation is 1. The summed E-state index contributed by atoms with van der Waals surface area (Å²) in [5.41, 5.74) is 1.81. The van der Waals surface area contributed by atoms with Crippen molar-refractivity contribution in [2.75, 3.05) is 11.9 Å². The molecular weight excluding hydrogens is 260 g/mol. The third-order valence-electron chi connectivity index (χ3n) is 4.41. The molecule has 1 aromatic carbocycles. The van der Waals surface area contributed by atoms with Gasteiger partial charge in [0.05, 0.1) is 16.8 Å². The minimum atomic E-state index is -0.0518. The number of hydrogen-bond donors (Lipinski definition) is 2. The normalized spacial score (nSPS) is 29.3. The van der Waals surface area contributed by atoms with Crippen molar-refractivity contribution in [1.29, 1.82) is 0 Å². The molecule has 3 nitrogen and oxygen atoms in total. The Labute approximate surface area is 118 Å². The summed E-state index contributed by atoms with van der Waals surface area (Å²) in [6, 6.07) is 5.64. The molecule has 2 N–H and O–H groups in total. The highest BCUT2D eigenvalue weighted by atomic mass is 35.5. The van der Waals surface area contributed by atoms with E-state index in [1.807, 2.05) is 25.1 Å². The third kappa shape index (κ3) is 2.49. The van der Waals surface area contributed by atoms with E-state index in [-0.39, 0.29) is 11.9 Å². The van der Waals surface area contributed by atoms with Crippen LogP contribution in [0, 0.1) is 18.8 Å². The maximum absolute atomic E-state index is 12.4. The number of carbonyl (C=O) groups excluding carboxylic acids is 1. The maximum atomic E-state index is 12.4. The van der Waals surface area contributed by atoms with Crippen LogP contribution in [0.2, 0.25) is 5.02 Å². The highest BCUT2D eigenvalue weighted by molar-refractivity contribution is 6.33. The SMILES string of the molecule is Cc1ccc(Cl)c(NC(=O)C2NCC3CCCC32)c1. The van der Waals surface area contributed by atoms with Crippen LogP contribution in [-0.2, 0) is 4.79 Å². The lowest BCUT2D eigenvalue weighted by molar-refractivity contribution is -0.118. The summed E-state index contributed by atoms with van der Waals surface area (Å²) in [7, 11) is 0. The van der Waals surface area contributed by atoms with Gasteiger partial charge in [0.2, 0.25) is 5.91 Å². The van der Waals surface area contributed by atoms with Crippen LogP contribution < -0.4 is 10.6 Å². The van der Waals surface area contributed by atoms with Crippen molar-refractivity contribution in [2.45, 2.75) is 32.2 Å². The quantitative estimate of drug-likeness (QED) is 0.873. The Balaban J connectivity index is 1.73. The number of carbonyl (C=O) groups is 1. The van der Waals surface area contributed by atoms with Crippen molar-refractivity contribution < 1.29 is 4.79 Å². The lowest BCUT2D eigenvalue weighted by Gasteiger charge is -2.18. The zero-order chi connectivity index (χ0) is 13.4. The van der Waals surface area contributed by atoms with Gasteiger partial charge in [0, 0.05) is 0 Å². The summed E-state index contributed by atoms with van der Waals surface area (Å²) in [4.78, 5) is 12.4. The molecule has 1 saturated heterocycles. The lowest BCUT2D eigenvalue weighted by Crippen LogP contribution is -2.39. The number of hydrogen-bond acceptors (Lipinski definition) is 2. The van der Waals surface area contributed by atoms with Crippen LogP contribution in [0.1, 0.15) is 24.8 Å². The second kappa shape index (κ2) is 5.14. The Hall–Kier alpha value is -1.06. The Bertz CT molecular complexity index is 503. The molecule has 2 fully saturated rings. The highest BCUT2D eigenvalue weighted by Gasteiger charge is 2.42. The van der Waals surface area contributed by atoms with Crippen molar-refractivity contribution in [2.24, 2.45) is 11.8 Å². The van der Waals surface area contributed by atoms with E-state index in [0.717, 1.165) is 24.2 Å². The molecule has 1 saturated carbocycles. The number of amides is 1. The molecule has 3 rings (SSSR count). The van der Waals surface area contributed by atoms with Gasteiger partial charge >= 0.3 is 0 Å². The van der Waals surface area contributed by atoms with E-state index in [9.17, 15) is 4.79 Å². The third-order valence-corrected chi connectivity index (χ3v) is 4.74. The summed E-state index contributed by atoms with van der Waals surface area (Å²) in [5.74, 6) is 1.24. The summed E-state index contributed by atoms with van der Waals surface area (Å²) in [6.45, 7) is 2.97. The Kier molecular flexibility index (Phi) is 3.50. The van der Waals surface area contributed by atoms with Crippen molar-refractivity contribution in [3.8, 4) is 0 Å². The van der Waals surface area contributed by atoms with Gasteiger partial charge in [-0.15, -0.1) is 0 Å². The standard InChI is InChI=1S/C15H19ClN2O/c1-9-5-6-12(16)13(7-9)18-15(19)14-11-4-2-3-10(11)8-17-14/h5-7,10-11,14,17H,2-4,8H2,1H3,(H,18,19). The summed E-state index contributed by atoms with van der Waals surface area (Å²) < 4.78 is 0. The predicted molar refractivity (Wildman–Crippen MR) is 77.4 cm³/mol. The number of anilines is 1. The van der Waals surface area contributed by atoms with Crippen molar-refractivity contribution >= 4 is 23.2 Å². The topological polar surface area (TPSA) is 41.1 Å². The van der Waals surface area contributed by atoms with Gasteiger partial charge in [0.1, 0.15) is 0 Å². The molecule has 3 atom stereocenters. The van der Waals surface area contributed by atoms with Crippen LogP contribution in [0.3, 0.4) is 0 Å². The minimum absolute atomic E-state index is 0.0518. The van der Waals surface area contributed by atoms with Gasteiger partial charge in [0.25, 0.3) is 0 Å². The molecule has 19 heavy (non-hydrogen) atoms. The summed E-state index contributed by atoms with van der Waals surface area (Å²) in [6.07, 6.45) is 3.68. The van der Waals surface area contributed by atoms with Crippen LogP contribution >= 0.6 is 11.6 Å². The van der Waals surface area contributed by atoms with Crippen LogP contribution in [-0.4, -0.2) is 18.5 Å². The molecule has 3 unspecified atom stereocenters. The first kappa shape index (κ1) is 12.9. The molecule has 1 aliphatic heterocycles. The molecule has 0 spiro atoms. The summed E-state index contributed by atoms with van der Waals surface area (Å²) >= 11 is 6.12. The van der Waals surface area contributed by atoms with Gasteiger partial charge in [-0.05, 0) is 55.8 Å². The van der Waals surface area contributed by atoms with Gasteiger partial charge in [-0.25, -0.2) is 0 Å². The van der Waals surface area contributed by atoms with Crippen molar-refractivity contribution in [1.82, 2.24) is 5.32 Å². The first-order chi connectivity index (χ1) is 9.15. The van der Waals surface area contributed by atoms with Gasteiger partial charge in [-0.3, -0.25) is 4.79 Å². The molecule has 4 heteroatoms. The largest absolute Gasteiger partial charge is 0.323 e. The molecule has 1 heterocycles. The molecule has 1 aromatic rings. The maximum Gasteiger partial charge on any atom is 0.241 e. The van der Waals surface area contributed by atoms with Gasteiger partial charge in [-0.1, -0.05) is 24.1 Å². The number of halogens is 1. The molecule has 1 aliphatic carbocycles. The first-order valence-electron chi connectivity index (χ1n) is 6.95. The smallest absolute Gasteiger partial charge is 0.241 e. The number of fused-ring (bicyclic) bond motifs is 1. The van der Waals surface area contributed by atoms with Crippen LogP contribution in [0.4, 0.5) is 5.69 Å². The van der Waals surface area contributed by atoms with E-state index in [1.54, 1.807) is 0 Å². The molecule has 0 radical (unpaired) electrons. The van der Waals surface area contributed by atoms with Crippen LogP contribution in [0.5, 0.6) is 0 Å². The molecule has 2 aliphatic rings. The van der Waals surface area contributed by atoms with E-state index in [1.165, 1.54) is 12.8 Å². The molecule has 1 amide bonds. The van der Waals surface area contributed by atoms with E-state index >= 15 is 0 Å². The lowest BCUT2D eigenvalue weighted by atomic mass is 9.93. The predicted octanol–water partition coefficient (Wildman–Crippen LogP) is 2.98. The highest BCUT2D eigenvalue weighted by Crippen LogP contribution is 2.38. The second-order valence-electron chi connectivity index (χ2n) is 5.71. The van der Waals surface area contributed by atoms with Crippen molar-refractivity contribution in [3.05, 3.63) is 28.8 Å². The van der Waals surface area contributed by atoms with Gasteiger partial charge in [0.15, 0.2) is 0 Å². The Morgan fingerprint density at radius 1 is 1.42 bits per heavy atom. The zero-order valence-corrected chi connectivity index (χ0v) is 11.8. The Morgan fingerprint density at radius 3 is 3.11 bits per heavy atom. The van der Waals surface area contributed by atoms with E-state index in [2.05, 4.69) is 10.6 Å².